The number of hydrogen-bond donors (Lipinski definition) is 1. The molecule has 1 unspecified atom stereocenters. The highest BCUT2D eigenvalue weighted by Crippen LogP contribution is 2.35. The number of hydrogen-bond acceptors (Lipinski definition) is 5. The van der Waals surface area contributed by atoms with Crippen LogP contribution in [0, 0.1) is 16.0 Å². The lowest BCUT2D eigenvalue weighted by molar-refractivity contribution is -0.384. The van der Waals surface area contributed by atoms with Gasteiger partial charge >= 0.3 is 0 Å². The number of nitro benzene ring substituents is 1. The summed E-state index contributed by atoms with van der Waals surface area (Å²) in [7, 11) is 1.43. The number of rotatable bonds is 4. The number of ether oxygens (including phenoxy) is 1. The van der Waals surface area contributed by atoms with E-state index in [-0.39, 0.29) is 17.5 Å². The second-order valence-electron chi connectivity index (χ2n) is 4.37. The van der Waals surface area contributed by atoms with Gasteiger partial charge in [-0.2, -0.15) is 12.6 Å². The molecule has 1 aromatic rings. The van der Waals surface area contributed by atoms with Crippen molar-refractivity contribution in [2.75, 3.05) is 24.3 Å². The summed E-state index contributed by atoms with van der Waals surface area (Å²) in [5.74, 6) is 1.17. The molecule has 0 radical (unpaired) electrons. The number of methoxy groups -OCH3 is 1. The number of benzene rings is 1. The van der Waals surface area contributed by atoms with Crippen molar-refractivity contribution in [3.8, 4) is 5.75 Å². The van der Waals surface area contributed by atoms with Gasteiger partial charge in [0, 0.05) is 19.0 Å². The average Bonchev–Trinajstić information content (AvgIpc) is 2.79. The second-order valence-corrected chi connectivity index (χ2v) is 4.74. The Labute approximate surface area is 115 Å². The monoisotopic (exact) mass is 282 g/mol. The highest BCUT2D eigenvalue weighted by Gasteiger charge is 2.31. The molecule has 6 nitrogen and oxygen atoms in total. The SMILES string of the molecule is COc1cc([N+](=O)[O-])ccc1N1CC(CS)CC1=O. The fourth-order valence-corrected chi connectivity index (χ4v) is 2.38. The summed E-state index contributed by atoms with van der Waals surface area (Å²) in [6.07, 6.45) is 0.448. The molecule has 1 amide bonds. The van der Waals surface area contributed by atoms with Crippen molar-refractivity contribution in [2.24, 2.45) is 5.92 Å². The maximum absolute atomic E-state index is 11.9. The lowest BCUT2D eigenvalue weighted by Crippen LogP contribution is -2.25. The standard InChI is InChI=1S/C12H14N2O4S/c1-18-11-5-9(14(16)17)2-3-10(11)13-6-8(7-19)4-12(13)15/h2-3,5,8,19H,4,6-7H2,1H3. The van der Waals surface area contributed by atoms with Crippen LogP contribution in [0.25, 0.3) is 0 Å². The molecule has 1 aliphatic heterocycles. The van der Waals surface area contributed by atoms with Gasteiger partial charge in [0.2, 0.25) is 5.91 Å². The maximum atomic E-state index is 11.9. The zero-order chi connectivity index (χ0) is 14.0. The van der Waals surface area contributed by atoms with Crippen LogP contribution in [0.4, 0.5) is 11.4 Å². The highest BCUT2D eigenvalue weighted by molar-refractivity contribution is 7.80. The van der Waals surface area contributed by atoms with Crippen molar-refractivity contribution in [3.05, 3.63) is 28.3 Å². The highest BCUT2D eigenvalue weighted by atomic mass is 32.1. The lowest BCUT2D eigenvalue weighted by Gasteiger charge is -2.19. The Kier molecular flexibility index (Phi) is 3.94. The van der Waals surface area contributed by atoms with Crippen LogP contribution < -0.4 is 9.64 Å². The van der Waals surface area contributed by atoms with E-state index in [4.69, 9.17) is 4.74 Å². The largest absolute Gasteiger partial charge is 0.494 e. The summed E-state index contributed by atoms with van der Waals surface area (Å²) in [5.41, 5.74) is 0.514. The van der Waals surface area contributed by atoms with Gasteiger partial charge in [-0.3, -0.25) is 14.9 Å². The Bertz CT molecular complexity index is 520. The van der Waals surface area contributed by atoms with Gasteiger partial charge in [-0.1, -0.05) is 0 Å². The Morgan fingerprint density at radius 1 is 1.58 bits per heavy atom. The van der Waals surface area contributed by atoms with Crippen LogP contribution >= 0.6 is 12.6 Å². The molecule has 1 aliphatic rings. The van der Waals surface area contributed by atoms with Gasteiger partial charge in [0.25, 0.3) is 5.69 Å². The number of non-ortho nitro benzene ring substituents is 1. The molecule has 1 saturated heterocycles. The minimum absolute atomic E-state index is 0.00815. The van der Waals surface area contributed by atoms with Crippen molar-refractivity contribution in [2.45, 2.75) is 6.42 Å². The number of carbonyl (C=O) groups excluding carboxylic acids is 1. The van der Waals surface area contributed by atoms with Gasteiger partial charge < -0.3 is 9.64 Å². The molecule has 0 bridgehead atoms. The van der Waals surface area contributed by atoms with Gasteiger partial charge in [-0.25, -0.2) is 0 Å². The first kappa shape index (κ1) is 13.7. The van der Waals surface area contributed by atoms with Crippen LogP contribution in [0.5, 0.6) is 5.75 Å². The number of nitrogens with zero attached hydrogens (tertiary/aromatic N) is 2. The van der Waals surface area contributed by atoms with E-state index < -0.39 is 4.92 Å². The summed E-state index contributed by atoms with van der Waals surface area (Å²) in [5, 5.41) is 10.7. The predicted octanol–water partition coefficient (Wildman–Crippen LogP) is 1.89. The van der Waals surface area contributed by atoms with E-state index in [9.17, 15) is 14.9 Å². The van der Waals surface area contributed by atoms with Crippen molar-refractivity contribution in [1.82, 2.24) is 0 Å². The normalized spacial score (nSPS) is 18.7. The van der Waals surface area contributed by atoms with Gasteiger partial charge in [-0.05, 0) is 17.7 Å². The number of amides is 1. The third-order valence-electron chi connectivity index (χ3n) is 3.13. The molecule has 0 aromatic heterocycles. The third-order valence-corrected chi connectivity index (χ3v) is 3.64. The maximum Gasteiger partial charge on any atom is 0.273 e. The Morgan fingerprint density at radius 3 is 2.84 bits per heavy atom. The van der Waals surface area contributed by atoms with Crippen molar-refractivity contribution in [1.29, 1.82) is 0 Å². The van der Waals surface area contributed by atoms with Gasteiger partial charge in [0.1, 0.15) is 5.75 Å². The third kappa shape index (κ3) is 2.65. The molecule has 0 spiro atoms. The molecule has 1 heterocycles. The molecule has 0 aliphatic carbocycles. The van der Waals surface area contributed by atoms with Crippen LogP contribution in [0.2, 0.25) is 0 Å². The molecule has 19 heavy (non-hydrogen) atoms. The molecule has 1 atom stereocenters. The van der Waals surface area contributed by atoms with Gasteiger partial charge in [-0.15, -0.1) is 0 Å². The topological polar surface area (TPSA) is 72.7 Å². The van der Waals surface area contributed by atoms with Gasteiger partial charge in [0.05, 0.1) is 23.8 Å². The number of thiol groups is 1. The van der Waals surface area contributed by atoms with Gasteiger partial charge in [0.15, 0.2) is 0 Å². The van der Waals surface area contributed by atoms with Crippen molar-refractivity contribution < 1.29 is 14.5 Å². The molecular formula is C12H14N2O4S. The predicted molar refractivity (Wildman–Crippen MR) is 74.0 cm³/mol. The Morgan fingerprint density at radius 2 is 2.32 bits per heavy atom. The van der Waals surface area contributed by atoms with Crippen LogP contribution in [0.15, 0.2) is 18.2 Å². The molecule has 0 N–H and O–H groups in total. The molecule has 1 aromatic carbocycles. The number of anilines is 1. The molecule has 102 valence electrons. The number of carbonyl (C=O) groups is 1. The quantitative estimate of drug-likeness (QED) is 0.520. The zero-order valence-electron chi connectivity index (χ0n) is 10.4. The second kappa shape index (κ2) is 5.48. The molecule has 2 rings (SSSR count). The summed E-state index contributed by atoms with van der Waals surface area (Å²) >= 11 is 4.20. The van der Waals surface area contributed by atoms with Crippen molar-refractivity contribution >= 4 is 29.9 Å². The minimum atomic E-state index is -0.491. The van der Waals surface area contributed by atoms with E-state index in [0.717, 1.165) is 0 Å². The van der Waals surface area contributed by atoms with E-state index >= 15 is 0 Å². The van der Waals surface area contributed by atoms with E-state index in [1.807, 2.05) is 0 Å². The lowest BCUT2D eigenvalue weighted by atomic mass is 10.1. The minimum Gasteiger partial charge on any atom is -0.494 e. The van der Waals surface area contributed by atoms with E-state index in [2.05, 4.69) is 12.6 Å². The molecular weight excluding hydrogens is 268 g/mol. The van der Waals surface area contributed by atoms with Crippen LogP contribution in [0.3, 0.4) is 0 Å². The summed E-state index contributed by atoms with van der Waals surface area (Å²) in [6, 6.07) is 4.26. The Balaban J connectivity index is 2.34. The first-order valence-electron chi connectivity index (χ1n) is 5.80. The average molecular weight is 282 g/mol. The van der Waals surface area contributed by atoms with Crippen LogP contribution in [0.1, 0.15) is 6.42 Å². The van der Waals surface area contributed by atoms with E-state index in [1.165, 1.54) is 19.2 Å². The van der Waals surface area contributed by atoms with Crippen LogP contribution in [-0.4, -0.2) is 30.2 Å². The number of nitro groups is 1. The summed E-state index contributed by atoms with van der Waals surface area (Å²) in [6.45, 7) is 0.566. The first-order valence-corrected chi connectivity index (χ1v) is 6.43. The zero-order valence-corrected chi connectivity index (χ0v) is 11.3. The first-order chi connectivity index (χ1) is 9.06. The molecule has 1 fully saturated rings. The Hall–Kier alpha value is -1.76. The van der Waals surface area contributed by atoms with Crippen molar-refractivity contribution in [3.63, 3.8) is 0 Å². The van der Waals surface area contributed by atoms with Crippen LogP contribution in [-0.2, 0) is 4.79 Å². The fraction of sp³-hybridized carbons (Fsp3) is 0.417. The molecule has 7 heteroatoms. The van der Waals surface area contributed by atoms with E-state index in [1.54, 1.807) is 11.0 Å². The molecule has 0 saturated carbocycles. The van der Waals surface area contributed by atoms with E-state index in [0.29, 0.717) is 30.2 Å². The summed E-state index contributed by atoms with van der Waals surface area (Å²) in [4.78, 5) is 23.8. The smallest absolute Gasteiger partial charge is 0.273 e. The summed E-state index contributed by atoms with van der Waals surface area (Å²) < 4.78 is 5.15. The fourth-order valence-electron chi connectivity index (χ4n) is 2.14.